The molecule has 0 spiro atoms. The van der Waals surface area contributed by atoms with Crippen molar-refractivity contribution in [3.05, 3.63) is 28.2 Å². The van der Waals surface area contributed by atoms with E-state index in [1.165, 1.54) is 0 Å². The van der Waals surface area contributed by atoms with Crippen molar-refractivity contribution in [1.82, 2.24) is 5.32 Å². The number of methoxy groups -OCH3 is 1. The fourth-order valence-corrected chi connectivity index (χ4v) is 2.06. The summed E-state index contributed by atoms with van der Waals surface area (Å²) in [5.41, 5.74) is 1.23. The summed E-state index contributed by atoms with van der Waals surface area (Å²) in [5, 5.41) is 3.48. The molecular formula is C15H24BrNO2. The van der Waals surface area contributed by atoms with E-state index in [0.717, 1.165) is 22.3 Å². The molecule has 4 heteroatoms. The topological polar surface area (TPSA) is 30.5 Å². The van der Waals surface area contributed by atoms with Gasteiger partial charge >= 0.3 is 0 Å². The maximum Gasteiger partial charge on any atom is 0.124 e. The summed E-state index contributed by atoms with van der Waals surface area (Å²) in [6.45, 7) is 9.82. The van der Waals surface area contributed by atoms with Gasteiger partial charge in [-0.05, 0) is 45.9 Å². The Morgan fingerprint density at radius 3 is 2.58 bits per heavy atom. The number of nitrogens with one attached hydrogen (secondary N) is 1. The van der Waals surface area contributed by atoms with Crippen LogP contribution < -0.4 is 10.1 Å². The minimum atomic E-state index is 0.0413. The van der Waals surface area contributed by atoms with Crippen LogP contribution in [0.2, 0.25) is 0 Å². The van der Waals surface area contributed by atoms with Crippen LogP contribution >= 0.6 is 15.9 Å². The Bertz CT molecular complexity index is 402. The van der Waals surface area contributed by atoms with Gasteiger partial charge in [-0.15, -0.1) is 0 Å². The number of ether oxygens (including phenoxy) is 2. The van der Waals surface area contributed by atoms with E-state index in [1.54, 1.807) is 7.11 Å². The number of rotatable bonds is 6. The smallest absolute Gasteiger partial charge is 0.124 e. The molecule has 0 bridgehead atoms. The van der Waals surface area contributed by atoms with Crippen LogP contribution in [0.3, 0.4) is 0 Å². The maximum atomic E-state index is 5.92. The van der Waals surface area contributed by atoms with Crippen molar-refractivity contribution < 1.29 is 9.47 Å². The third-order valence-corrected chi connectivity index (χ3v) is 3.05. The predicted octanol–water partition coefficient (Wildman–Crippen LogP) is 3.75. The molecule has 0 aliphatic rings. The molecule has 1 aromatic carbocycles. The van der Waals surface area contributed by atoms with Gasteiger partial charge in [-0.1, -0.05) is 15.9 Å². The molecule has 1 aromatic rings. The predicted molar refractivity (Wildman–Crippen MR) is 82.7 cm³/mol. The van der Waals surface area contributed by atoms with E-state index in [1.807, 2.05) is 19.1 Å². The SMILES string of the molecule is COCC(C)Oc1ccc(Br)cc1CNC(C)(C)C. The first-order valence-electron chi connectivity index (χ1n) is 6.51. The van der Waals surface area contributed by atoms with Crippen LogP contribution in [0.5, 0.6) is 5.75 Å². The lowest BCUT2D eigenvalue weighted by atomic mass is 10.1. The highest BCUT2D eigenvalue weighted by atomic mass is 79.9. The summed E-state index contributed by atoms with van der Waals surface area (Å²) in [7, 11) is 1.68. The molecule has 0 saturated heterocycles. The number of halogens is 1. The van der Waals surface area contributed by atoms with E-state index in [2.05, 4.69) is 48.1 Å². The number of benzene rings is 1. The van der Waals surface area contributed by atoms with Crippen molar-refractivity contribution in [3.63, 3.8) is 0 Å². The van der Waals surface area contributed by atoms with Crippen LogP contribution in [0.1, 0.15) is 33.3 Å². The second kappa shape index (κ2) is 7.27. The van der Waals surface area contributed by atoms with Crippen LogP contribution in [-0.4, -0.2) is 25.4 Å². The van der Waals surface area contributed by atoms with E-state index in [4.69, 9.17) is 9.47 Å². The molecule has 1 atom stereocenters. The minimum absolute atomic E-state index is 0.0413. The second-order valence-corrected chi connectivity index (χ2v) is 6.66. The van der Waals surface area contributed by atoms with E-state index < -0.39 is 0 Å². The van der Waals surface area contributed by atoms with Crippen LogP contribution in [0.15, 0.2) is 22.7 Å². The van der Waals surface area contributed by atoms with Gasteiger partial charge in [0, 0.05) is 29.2 Å². The van der Waals surface area contributed by atoms with E-state index in [0.29, 0.717) is 6.61 Å². The molecule has 1 unspecified atom stereocenters. The Morgan fingerprint density at radius 2 is 2.00 bits per heavy atom. The summed E-state index contributed by atoms with van der Waals surface area (Å²) < 4.78 is 12.1. The van der Waals surface area contributed by atoms with Gasteiger partial charge in [0.05, 0.1) is 6.61 Å². The van der Waals surface area contributed by atoms with E-state index >= 15 is 0 Å². The maximum absolute atomic E-state index is 5.92. The summed E-state index contributed by atoms with van der Waals surface area (Å²) in [5.74, 6) is 0.907. The molecule has 0 radical (unpaired) electrons. The average molecular weight is 330 g/mol. The molecule has 0 saturated carbocycles. The van der Waals surface area contributed by atoms with Crippen molar-refractivity contribution in [2.24, 2.45) is 0 Å². The van der Waals surface area contributed by atoms with Crippen molar-refractivity contribution in [2.45, 2.75) is 45.9 Å². The Balaban J connectivity index is 2.79. The molecule has 0 aliphatic heterocycles. The van der Waals surface area contributed by atoms with E-state index in [-0.39, 0.29) is 11.6 Å². The van der Waals surface area contributed by atoms with Gasteiger partial charge in [-0.2, -0.15) is 0 Å². The second-order valence-electron chi connectivity index (χ2n) is 5.74. The lowest BCUT2D eigenvalue weighted by Gasteiger charge is -2.23. The molecule has 108 valence electrons. The summed E-state index contributed by atoms with van der Waals surface area (Å²) in [6.07, 6.45) is 0.0413. The third-order valence-electron chi connectivity index (χ3n) is 2.56. The highest BCUT2D eigenvalue weighted by Crippen LogP contribution is 2.24. The summed E-state index contributed by atoms with van der Waals surface area (Å²) in [4.78, 5) is 0. The first-order chi connectivity index (χ1) is 8.81. The normalized spacial score (nSPS) is 13.4. The lowest BCUT2D eigenvalue weighted by molar-refractivity contribution is 0.0912. The van der Waals surface area contributed by atoms with E-state index in [9.17, 15) is 0 Å². The molecule has 0 aromatic heterocycles. The van der Waals surface area contributed by atoms with Gasteiger partial charge in [0.1, 0.15) is 11.9 Å². The highest BCUT2D eigenvalue weighted by Gasteiger charge is 2.13. The van der Waals surface area contributed by atoms with Crippen molar-refractivity contribution >= 4 is 15.9 Å². The Kier molecular flexibility index (Phi) is 6.30. The molecule has 0 amide bonds. The molecule has 0 aliphatic carbocycles. The average Bonchev–Trinajstić information content (AvgIpc) is 2.29. The molecule has 19 heavy (non-hydrogen) atoms. The zero-order valence-corrected chi connectivity index (χ0v) is 14.0. The molecule has 3 nitrogen and oxygen atoms in total. The van der Waals surface area contributed by atoms with Gasteiger partial charge in [-0.25, -0.2) is 0 Å². The largest absolute Gasteiger partial charge is 0.488 e. The zero-order chi connectivity index (χ0) is 14.5. The molecule has 1 N–H and O–H groups in total. The molecule has 1 rings (SSSR count). The van der Waals surface area contributed by atoms with Crippen molar-refractivity contribution in [3.8, 4) is 5.75 Å². The van der Waals surface area contributed by atoms with Gasteiger partial charge in [-0.3, -0.25) is 0 Å². The van der Waals surface area contributed by atoms with Crippen LogP contribution in [0.25, 0.3) is 0 Å². The standard InChI is InChI=1S/C15H24BrNO2/c1-11(10-18-5)19-14-7-6-13(16)8-12(14)9-17-15(2,3)4/h6-8,11,17H,9-10H2,1-5H3. The molecule has 0 fully saturated rings. The fourth-order valence-electron chi connectivity index (χ4n) is 1.65. The van der Waals surface area contributed by atoms with Crippen molar-refractivity contribution in [1.29, 1.82) is 0 Å². The monoisotopic (exact) mass is 329 g/mol. The summed E-state index contributed by atoms with van der Waals surface area (Å²) in [6, 6.07) is 6.08. The van der Waals surface area contributed by atoms with Gasteiger partial charge in [0.2, 0.25) is 0 Å². The van der Waals surface area contributed by atoms with Crippen LogP contribution in [-0.2, 0) is 11.3 Å². The number of hydrogen-bond acceptors (Lipinski definition) is 3. The zero-order valence-electron chi connectivity index (χ0n) is 12.4. The molecular weight excluding hydrogens is 306 g/mol. The number of hydrogen-bond donors (Lipinski definition) is 1. The molecule has 0 heterocycles. The first kappa shape index (κ1) is 16.5. The Labute approximate surface area is 124 Å². The lowest BCUT2D eigenvalue weighted by Crippen LogP contribution is -2.35. The van der Waals surface area contributed by atoms with Gasteiger partial charge in [0.25, 0.3) is 0 Å². The minimum Gasteiger partial charge on any atom is -0.488 e. The van der Waals surface area contributed by atoms with Crippen LogP contribution in [0.4, 0.5) is 0 Å². The van der Waals surface area contributed by atoms with Crippen molar-refractivity contribution in [2.75, 3.05) is 13.7 Å². The third kappa shape index (κ3) is 6.41. The first-order valence-corrected chi connectivity index (χ1v) is 7.30. The quantitative estimate of drug-likeness (QED) is 0.862. The van der Waals surface area contributed by atoms with Gasteiger partial charge in [0.15, 0.2) is 0 Å². The fraction of sp³-hybridized carbons (Fsp3) is 0.600. The summed E-state index contributed by atoms with van der Waals surface area (Å²) >= 11 is 3.51. The highest BCUT2D eigenvalue weighted by molar-refractivity contribution is 9.10. The van der Waals surface area contributed by atoms with Gasteiger partial charge < -0.3 is 14.8 Å². The Morgan fingerprint density at radius 1 is 1.32 bits per heavy atom. The Hall–Kier alpha value is -0.580. The van der Waals surface area contributed by atoms with Crippen LogP contribution in [0, 0.1) is 0 Å².